The number of thiophene rings is 1. The van der Waals surface area contributed by atoms with Crippen molar-refractivity contribution in [2.75, 3.05) is 18.5 Å². The minimum atomic E-state index is -0.259. The Hall–Kier alpha value is -2.80. The molecule has 2 amide bonds. The molecule has 0 bridgehead atoms. The minimum absolute atomic E-state index is 0.259. The largest absolute Gasteiger partial charge is 0.492 e. The lowest BCUT2D eigenvalue weighted by atomic mass is 10.3. The molecule has 7 heteroatoms. The SMILES string of the molecule is CCOc1ccccc1NC(=O)NCCc1nc(-c2cccs2)cn1C. The third-order valence-corrected chi connectivity index (χ3v) is 4.71. The van der Waals surface area contributed by atoms with Gasteiger partial charge in [-0.2, -0.15) is 0 Å². The molecule has 0 spiro atoms. The maximum absolute atomic E-state index is 12.1. The highest BCUT2D eigenvalue weighted by Gasteiger charge is 2.10. The number of para-hydroxylation sites is 2. The van der Waals surface area contributed by atoms with Gasteiger partial charge in [-0.15, -0.1) is 11.3 Å². The van der Waals surface area contributed by atoms with E-state index in [9.17, 15) is 4.79 Å². The molecular formula is C19H22N4O2S. The number of nitrogens with one attached hydrogen (secondary N) is 2. The number of anilines is 1. The van der Waals surface area contributed by atoms with Crippen molar-refractivity contribution in [2.45, 2.75) is 13.3 Å². The second-order valence-electron chi connectivity index (χ2n) is 5.69. The number of hydrogen-bond acceptors (Lipinski definition) is 4. The predicted molar refractivity (Wildman–Crippen MR) is 105 cm³/mol. The Labute approximate surface area is 156 Å². The first-order valence-electron chi connectivity index (χ1n) is 8.50. The molecule has 26 heavy (non-hydrogen) atoms. The van der Waals surface area contributed by atoms with Gasteiger partial charge in [0.2, 0.25) is 0 Å². The van der Waals surface area contributed by atoms with E-state index in [4.69, 9.17) is 4.74 Å². The number of ether oxygens (including phenoxy) is 1. The number of amides is 2. The summed E-state index contributed by atoms with van der Waals surface area (Å²) in [4.78, 5) is 17.9. The van der Waals surface area contributed by atoms with Crippen molar-refractivity contribution in [2.24, 2.45) is 7.05 Å². The third kappa shape index (κ3) is 4.43. The molecule has 2 aromatic heterocycles. The molecule has 136 valence electrons. The van der Waals surface area contributed by atoms with Gasteiger partial charge in [-0.05, 0) is 30.5 Å². The molecule has 6 nitrogen and oxygen atoms in total. The molecule has 3 aromatic rings. The highest BCUT2D eigenvalue weighted by atomic mass is 32.1. The van der Waals surface area contributed by atoms with Gasteiger partial charge in [-0.3, -0.25) is 0 Å². The molecule has 0 aliphatic heterocycles. The van der Waals surface area contributed by atoms with Crippen LogP contribution in [0.25, 0.3) is 10.6 Å². The van der Waals surface area contributed by atoms with E-state index in [1.54, 1.807) is 11.3 Å². The van der Waals surface area contributed by atoms with Crippen LogP contribution in [0, 0.1) is 0 Å². The van der Waals surface area contributed by atoms with Crippen LogP contribution >= 0.6 is 11.3 Å². The summed E-state index contributed by atoms with van der Waals surface area (Å²) in [5.74, 6) is 1.60. The number of nitrogens with zero attached hydrogens (tertiary/aromatic N) is 2. The summed E-state index contributed by atoms with van der Waals surface area (Å²) in [7, 11) is 1.97. The number of benzene rings is 1. The molecule has 0 saturated heterocycles. The molecule has 3 rings (SSSR count). The summed E-state index contributed by atoms with van der Waals surface area (Å²) in [6.07, 6.45) is 2.67. The fourth-order valence-electron chi connectivity index (χ4n) is 2.59. The van der Waals surface area contributed by atoms with Gasteiger partial charge in [0.25, 0.3) is 0 Å². The zero-order valence-corrected chi connectivity index (χ0v) is 15.7. The molecule has 0 saturated carbocycles. The number of carbonyl (C=O) groups excluding carboxylic acids is 1. The zero-order chi connectivity index (χ0) is 18.4. The summed E-state index contributed by atoms with van der Waals surface area (Å²) in [6.45, 7) is 2.96. The second-order valence-corrected chi connectivity index (χ2v) is 6.64. The Morgan fingerprint density at radius 2 is 2.12 bits per heavy atom. The van der Waals surface area contributed by atoms with E-state index in [1.165, 1.54) is 0 Å². The Bertz CT molecular complexity index is 858. The Morgan fingerprint density at radius 1 is 1.27 bits per heavy atom. The molecule has 0 unspecified atom stereocenters. The Balaban J connectivity index is 1.53. The van der Waals surface area contributed by atoms with E-state index < -0.39 is 0 Å². The van der Waals surface area contributed by atoms with Crippen molar-refractivity contribution >= 4 is 23.1 Å². The fourth-order valence-corrected chi connectivity index (χ4v) is 3.27. The normalized spacial score (nSPS) is 10.5. The monoisotopic (exact) mass is 370 g/mol. The quantitative estimate of drug-likeness (QED) is 0.662. The van der Waals surface area contributed by atoms with Gasteiger partial charge < -0.3 is 19.9 Å². The Kier molecular flexibility index (Phi) is 5.91. The topological polar surface area (TPSA) is 68.2 Å². The number of imidazole rings is 1. The first-order chi connectivity index (χ1) is 12.7. The average Bonchev–Trinajstić information content (AvgIpc) is 3.27. The number of urea groups is 1. The molecule has 2 N–H and O–H groups in total. The van der Waals surface area contributed by atoms with Crippen LogP contribution in [0.3, 0.4) is 0 Å². The predicted octanol–water partition coefficient (Wildman–Crippen LogP) is 3.91. The fraction of sp³-hybridized carbons (Fsp3) is 0.263. The van der Waals surface area contributed by atoms with Crippen LogP contribution in [0.15, 0.2) is 48.0 Å². The van der Waals surface area contributed by atoms with E-state index in [0.29, 0.717) is 31.0 Å². The van der Waals surface area contributed by atoms with Crippen molar-refractivity contribution in [3.05, 3.63) is 53.8 Å². The van der Waals surface area contributed by atoms with Gasteiger partial charge in [0.15, 0.2) is 0 Å². The van der Waals surface area contributed by atoms with Crippen molar-refractivity contribution < 1.29 is 9.53 Å². The van der Waals surface area contributed by atoms with E-state index >= 15 is 0 Å². The molecule has 0 aliphatic carbocycles. The maximum atomic E-state index is 12.1. The standard InChI is InChI=1S/C19H22N4O2S/c1-3-25-16-8-5-4-7-14(16)22-19(24)20-11-10-18-21-15(13-23(18)2)17-9-6-12-26-17/h4-9,12-13H,3,10-11H2,1-2H3,(H2,20,22,24). The van der Waals surface area contributed by atoms with Crippen LogP contribution in [0.1, 0.15) is 12.7 Å². The lowest BCUT2D eigenvalue weighted by Crippen LogP contribution is -2.31. The lowest BCUT2D eigenvalue weighted by Gasteiger charge is -2.12. The summed E-state index contributed by atoms with van der Waals surface area (Å²) >= 11 is 1.67. The average molecular weight is 370 g/mol. The minimum Gasteiger partial charge on any atom is -0.492 e. The molecule has 1 aromatic carbocycles. The first-order valence-corrected chi connectivity index (χ1v) is 9.38. The summed E-state index contributed by atoms with van der Waals surface area (Å²) < 4.78 is 7.51. The van der Waals surface area contributed by atoms with Gasteiger partial charge >= 0.3 is 6.03 Å². The van der Waals surface area contributed by atoms with Gasteiger partial charge in [0.05, 0.1) is 22.9 Å². The van der Waals surface area contributed by atoms with Crippen LogP contribution in [0.4, 0.5) is 10.5 Å². The van der Waals surface area contributed by atoms with Crippen LogP contribution in [0.2, 0.25) is 0 Å². The van der Waals surface area contributed by atoms with Crippen molar-refractivity contribution in [1.29, 1.82) is 0 Å². The zero-order valence-electron chi connectivity index (χ0n) is 14.9. The summed E-state index contributed by atoms with van der Waals surface area (Å²) in [5.41, 5.74) is 1.62. The van der Waals surface area contributed by atoms with Crippen LogP contribution in [0.5, 0.6) is 5.75 Å². The molecule has 0 fully saturated rings. The third-order valence-electron chi connectivity index (χ3n) is 3.82. The van der Waals surface area contributed by atoms with Gasteiger partial charge in [0.1, 0.15) is 11.6 Å². The van der Waals surface area contributed by atoms with Crippen LogP contribution in [-0.2, 0) is 13.5 Å². The number of carbonyl (C=O) groups is 1. The highest BCUT2D eigenvalue weighted by Crippen LogP contribution is 2.24. The van der Waals surface area contributed by atoms with Gasteiger partial charge in [-0.25, -0.2) is 9.78 Å². The summed E-state index contributed by atoms with van der Waals surface area (Å²) in [6, 6.07) is 11.2. The lowest BCUT2D eigenvalue weighted by molar-refractivity contribution is 0.252. The van der Waals surface area contributed by atoms with Gasteiger partial charge in [0, 0.05) is 26.2 Å². The molecule has 2 heterocycles. The molecular weight excluding hydrogens is 348 g/mol. The molecule has 0 radical (unpaired) electrons. The van der Waals surface area contributed by atoms with Crippen LogP contribution in [-0.4, -0.2) is 28.7 Å². The van der Waals surface area contributed by atoms with E-state index in [2.05, 4.69) is 21.7 Å². The number of aromatic nitrogens is 2. The number of hydrogen-bond donors (Lipinski definition) is 2. The van der Waals surface area contributed by atoms with E-state index in [1.807, 2.05) is 60.4 Å². The molecule has 0 aliphatic rings. The van der Waals surface area contributed by atoms with Crippen LogP contribution < -0.4 is 15.4 Å². The van der Waals surface area contributed by atoms with Crippen molar-refractivity contribution in [3.8, 4) is 16.3 Å². The maximum Gasteiger partial charge on any atom is 0.319 e. The van der Waals surface area contributed by atoms with Gasteiger partial charge in [-0.1, -0.05) is 18.2 Å². The second kappa shape index (κ2) is 8.53. The van der Waals surface area contributed by atoms with E-state index in [0.717, 1.165) is 16.4 Å². The molecule has 0 atom stereocenters. The van der Waals surface area contributed by atoms with E-state index in [-0.39, 0.29) is 6.03 Å². The summed E-state index contributed by atoms with van der Waals surface area (Å²) in [5, 5.41) is 7.72. The highest BCUT2D eigenvalue weighted by molar-refractivity contribution is 7.13. The van der Waals surface area contributed by atoms with Crippen molar-refractivity contribution in [1.82, 2.24) is 14.9 Å². The number of aryl methyl sites for hydroxylation is 1. The number of rotatable bonds is 7. The van der Waals surface area contributed by atoms with Crippen molar-refractivity contribution in [3.63, 3.8) is 0 Å². The Morgan fingerprint density at radius 3 is 2.88 bits per heavy atom. The smallest absolute Gasteiger partial charge is 0.319 e. The first kappa shape index (κ1) is 18.0.